The summed E-state index contributed by atoms with van der Waals surface area (Å²) in [4.78, 5) is 15.1. The van der Waals surface area contributed by atoms with Gasteiger partial charge < -0.3 is 0 Å². The first kappa shape index (κ1) is 29.2. The number of benzene rings is 7. The molecule has 2 aromatic heterocycles. The number of hydrogen-bond acceptors (Lipinski definition) is 4. The molecule has 0 saturated heterocycles. The summed E-state index contributed by atoms with van der Waals surface area (Å²) in [7, 11) is 0. The summed E-state index contributed by atoms with van der Waals surface area (Å²) in [5.41, 5.74) is 4.98. The lowest BCUT2D eigenvalue weighted by Gasteiger charge is -2.07. The van der Waals surface area contributed by atoms with Gasteiger partial charge in [0.15, 0.2) is 17.1 Å². The minimum Gasteiger partial charge on any atom is -0.208 e. The molecule has 9 aromatic rings. The summed E-state index contributed by atoms with van der Waals surface area (Å²) >= 11 is 0. The Hall–Kier alpha value is -6.96. The third-order valence-electron chi connectivity index (χ3n) is 9.25. The Morgan fingerprint density at radius 3 is 1.22 bits per heavy atom. The van der Waals surface area contributed by atoms with Crippen LogP contribution >= 0.6 is 0 Å². The van der Waals surface area contributed by atoms with Crippen LogP contribution in [0.15, 0.2) is 170 Å². The first-order valence-electron chi connectivity index (χ1n) is 16.6. The van der Waals surface area contributed by atoms with Crippen molar-refractivity contribution < 1.29 is 0 Å². The molecular formula is C46H28N4. The largest absolute Gasteiger partial charge is 0.208 e. The lowest BCUT2D eigenvalue weighted by atomic mass is 9.98. The molecule has 9 rings (SSSR count). The van der Waals surface area contributed by atoms with Gasteiger partial charge in [-0.3, -0.25) is 0 Å². The summed E-state index contributed by atoms with van der Waals surface area (Å²) in [5, 5.41) is 20.1. The van der Waals surface area contributed by atoms with E-state index in [-0.39, 0.29) is 0 Å². The second-order valence-electron chi connectivity index (χ2n) is 12.5. The van der Waals surface area contributed by atoms with Crippen molar-refractivity contribution in [3.63, 3.8) is 0 Å². The average molecular weight is 637 g/mol. The summed E-state index contributed by atoms with van der Waals surface area (Å²) in [6, 6.07) is 61.1. The van der Waals surface area contributed by atoms with Crippen molar-refractivity contribution in [1.82, 2.24) is 15.0 Å². The van der Waals surface area contributed by atoms with Crippen molar-refractivity contribution >= 4 is 65.2 Å². The van der Waals surface area contributed by atoms with Crippen LogP contribution in [0.25, 0.3) is 87.7 Å². The van der Waals surface area contributed by atoms with Gasteiger partial charge in [-0.1, -0.05) is 115 Å². The molecule has 0 fully saturated rings. The molecule has 4 nitrogen and oxygen atoms in total. The van der Waals surface area contributed by atoms with Gasteiger partial charge in [-0.05, 0) is 109 Å². The van der Waals surface area contributed by atoms with E-state index < -0.39 is 0 Å². The molecule has 0 saturated carbocycles. The second-order valence-corrected chi connectivity index (χ2v) is 12.5. The zero-order valence-corrected chi connectivity index (χ0v) is 27.0. The minimum absolute atomic E-state index is 0.625. The maximum atomic E-state index is 9.41. The fourth-order valence-corrected chi connectivity index (χ4v) is 6.65. The Balaban J connectivity index is 1.44. The molecule has 0 spiro atoms. The Kier molecular flexibility index (Phi) is 7.15. The standard InChI is InChI=1S/C46H28N4/c47-29-30-18-20-31(21-19-30)41-26-42-28-43(27-41)38-15-5-11-34(23-38)36-13-7-17-40(25-36)46-49-44(32-8-2-1-3-9-32)48-45(50-46)39-16-6-12-35(24-39)33-10-4-14-37(42)22-33/h1-28H. The molecule has 0 radical (unpaired) electrons. The van der Waals surface area contributed by atoms with Gasteiger partial charge in [-0.25, -0.2) is 15.0 Å². The zero-order chi connectivity index (χ0) is 33.4. The molecule has 7 aromatic carbocycles. The van der Waals surface area contributed by atoms with Gasteiger partial charge in [0.25, 0.3) is 0 Å². The van der Waals surface area contributed by atoms with Crippen LogP contribution in [-0.4, -0.2) is 15.0 Å². The second kappa shape index (κ2) is 12.2. The molecular weight excluding hydrogens is 609 g/mol. The summed E-state index contributed by atoms with van der Waals surface area (Å²) in [5.74, 6) is 0.636. The van der Waals surface area contributed by atoms with Crippen molar-refractivity contribution in [2.24, 2.45) is 0 Å². The number of aromatic nitrogens is 3. The van der Waals surface area contributed by atoms with E-state index in [2.05, 4.69) is 121 Å². The fourth-order valence-electron chi connectivity index (χ4n) is 6.65. The van der Waals surface area contributed by atoms with E-state index in [4.69, 9.17) is 15.0 Å². The number of nitrogens with zero attached hydrogens (tertiary/aromatic N) is 4. The highest BCUT2D eigenvalue weighted by molar-refractivity contribution is 6.01. The van der Waals surface area contributed by atoms with Crippen LogP contribution in [0.4, 0.5) is 0 Å². The van der Waals surface area contributed by atoms with E-state index in [0.717, 1.165) is 70.6 Å². The van der Waals surface area contributed by atoms with Crippen molar-refractivity contribution in [2.75, 3.05) is 0 Å². The van der Waals surface area contributed by atoms with Gasteiger partial charge in [0.1, 0.15) is 0 Å². The zero-order valence-electron chi connectivity index (χ0n) is 27.0. The molecule has 4 heteroatoms. The van der Waals surface area contributed by atoms with Crippen molar-refractivity contribution in [1.29, 1.82) is 5.26 Å². The first-order chi connectivity index (χ1) is 24.7. The first-order valence-corrected chi connectivity index (χ1v) is 16.6. The lowest BCUT2D eigenvalue weighted by molar-refractivity contribution is 1.18. The Morgan fingerprint density at radius 1 is 0.320 bits per heavy atom. The number of nitriles is 1. The van der Waals surface area contributed by atoms with E-state index in [0.29, 0.717) is 22.7 Å². The predicted molar refractivity (Wildman–Crippen MR) is 207 cm³/mol. The topological polar surface area (TPSA) is 62.5 Å². The Bertz CT molecular complexity index is 2780. The lowest BCUT2D eigenvalue weighted by Crippen LogP contribution is -1.94. The monoisotopic (exact) mass is 636 g/mol. The molecule has 50 heavy (non-hydrogen) atoms. The van der Waals surface area contributed by atoms with Crippen LogP contribution in [0, 0.1) is 11.3 Å². The molecule has 0 amide bonds. The van der Waals surface area contributed by atoms with Gasteiger partial charge in [0, 0.05) is 16.3 Å². The van der Waals surface area contributed by atoms with Gasteiger partial charge in [0.05, 0.1) is 11.6 Å². The average Bonchev–Trinajstić information content (AvgIpc) is 3.21. The van der Waals surface area contributed by atoms with Crippen LogP contribution in [0.5, 0.6) is 0 Å². The normalized spacial score (nSPS) is 11.2. The molecule has 0 aliphatic heterocycles. The SMILES string of the molecule is N#Cc1ccc(-c2cc3cc(c2)c2cccc(c2)c2cccc(c2)c2nc(-c4ccccc4)nc(n2)c2cccc(c2)c2cccc3c2)cc1. The summed E-state index contributed by atoms with van der Waals surface area (Å²) in [6.45, 7) is 0. The van der Waals surface area contributed by atoms with Crippen molar-refractivity contribution in [3.05, 3.63) is 175 Å². The molecule has 12 bridgehead atoms. The number of rotatable bonds is 2. The van der Waals surface area contributed by atoms with Crippen LogP contribution in [0.2, 0.25) is 0 Å². The van der Waals surface area contributed by atoms with Crippen molar-refractivity contribution in [3.8, 4) is 28.6 Å². The molecule has 0 aliphatic rings. The fraction of sp³-hybridized carbons (Fsp3) is 0. The smallest absolute Gasteiger partial charge is 0.164 e. The van der Waals surface area contributed by atoms with Gasteiger partial charge >= 0.3 is 0 Å². The van der Waals surface area contributed by atoms with Crippen LogP contribution < -0.4 is 0 Å². The van der Waals surface area contributed by atoms with Crippen LogP contribution in [0.1, 0.15) is 5.56 Å². The highest BCUT2D eigenvalue weighted by atomic mass is 15.0. The minimum atomic E-state index is 0.625. The van der Waals surface area contributed by atoms with Crippen molar-refractivity contribution in [2.45, 2.75) is 0 Å². The quantitative estimate of drug-likeness (QED) is 0.189. The van der Waals surface area contributed by atoms with E-state index in [1.165, 1.54) is 0 Å². The molecule has 0 aliphatic carbocycles. The van der Waals surface area contributed by atoms with Gasteiger partial charge in [-0.15, -0.1) is 0 Å². The molecule has 0 atom stereocenters. The van der Waals surface area contributed by atoms with E-state index >= 15 is 0 Å². The third kappa shape index (κ3) is 5.53. The molecule has 2 heterocycles. The van der Waals surface area contributed by atoms with Crippen LogP contribution in [-0.2, 0) is 0 Å². The van der Waals surface area contributed by atoms with E-state index in [1.54, 1.807) is 0 Å². The number of fused-ring (bicyclic) bond motifs is 18. The third-order valence-corrected chi connectivity index (χ3v) is 9.25. The Morgan fingerprint density at radius 2 is 0.740 bits per heavy atom. The van der Waals surface area contributed by atoms with Gasteiger partial charge in [-0.2, -0.15) is 5.26 Å². The number of hydrogen-bond donors (Lipinski definition) is 0. The molecule has 0 unspecified atom stereocenters. The predicted octanol–water partition coefficient (Wildman–Crippen LogP) is 11.7. The van der Waals surface area contributed by atoms with E-state index in [9.17, 15) is 5.26 Å². The Labute approximate surface area is 288 Å². The summed E-state index contributed by atoms with van der Waals surface area (Å²) in [6.07, 6.45) is 0. The van der Waals surface area contributed by atoms with Crippen LogP contribution in [0.3, 0.4) is 0 Å². The molecule has 0 N–H and O–H groups in total. The van der Waals surface area contributed by atoms with Gasteiger partial charge in [0.2, 0.25) is 0 Å². The highest BCUT2D eigenvalue weighted by Crippen LogP contribution is 2.30. The summed E-state index contributed by atoms with van der Waals surface area (Å²) < 4.78 is 0. The molecule has 232 valence electrons. The maximum Gasteiger partial charge on any atom is 0.164 e. The van der Waals surface area contributed by atoms with E-state index in [1.807, 2.05) is 54.6 Å². The highest BCUT2D eigenvalue weighted by Gasteiger charge is 2.08. The maximum absolute atomic E-state index is 9.41.